The van der Waals surface area contributed by atoms with Crippen LogP contribution in [0, 0.1) is 5.92 Å². The second-order valence-electron chi connectivity index (χ2n) is 3.23. The van der Waals surface area contributed by atoms with Crippen LogP contribution in [0.3, 0.4) is 0 Å². The summed E-state index contributed by atoms with van der Waals surface area (Å²) >= 11 is 0. The van der Waals surface area contributed by atoms with E-state index in [0.29, 0.717) is 11.7 Å². The highest BCUT2D eigenvalue weighted by Gasteiger charge is 2.43. The van der Waals surface area contributed by atoms with E-state index in [0.717, 1.165) is 0 Å². The van der Waals surface area contributed by atoms with E-state index >= 15 is 0 Å². The number of hydrogen-bond donors (Lipinski definition) is 0. The maximum atomic E-state index is 11.0. The normalized spacial score (nSPS) is 31.0. The molecule has 0 aromatic rings. The number of rotatable bonds is 1. The van der Waals surface area contributed by atoms with Crippen molar-refractivity contribution in [1.82, 2.24) is 4.90 Å². The molecule has 60 valence electrons. The molecular weight excluding hydrogens is 142 g/mol. The third-order valence-corrected chi connectivity index (χ3v) is 2.32. The summed E-state index contributed by atoms with van der Waals surface area (Å²) in [6.45, 7) is 3.71. The predicted molar refractivity (Wildman–Crippen MR) is 39.9 cm³/mol. The van der Waals surface area contributed by atoms with Gasteiger partial charge >= 0.3 is 6.09 Å². The van der Waals surface area contributed by atoms with Crippen LogP contribution in [-0.4, -0.2) is 24.1 Å². The molecule has 2 rings (SSSR count). The van der Waals surface area contributed by atoms with E-state index in [1.807, 2.05) is 0 Å². The molecule has 3 nitrogen and oxygen atoms in total. The summed E-state index contributed by atoms with van der Waals surface area (Å²) in [5.41, 5.74) is 0. The van der Waals surface area contributed by atoms with Crippen LogP contribution in [0.5, 0.6) is 0 Å². The maximum Gasteiger partial charge on any atom is 0.415 e. The summed E-state index contributed by atoms with van der Waals surface area (Å²) in [5.74, 6) is 1.24. The average molecular weight is 153 g/mol. The Labute approximate surface area is 65.6 Å². The van der Waals surface area contributed by atoms with Crippen LogP contribution < -0.4 is 0 Å². The van der Waals surface area contributed by atoms with E-state index < -0.39 is 0 Å². The van der Waals surface area contributed by atoms with Crippen molar-refractivity contribution in [3.05, 3.63) is 12.3 Å². The Balaban J connectivity index is 2.17. The minimum atomic E-state index is -0.258. The van der Waals surface area contributed by atoms with Gasteiger partial charge in [-0.2, -0.15) is 0 Å². The fraction of sp³-hybridized carbons (Fsp3) is 0.625. The van der Waals surface area contributed by atoms with Crippen molar-refractivity contribution in [3.8, 4) is 0 Å². The molecule has 0 bridgehead atoms. The predicted octanol–water partition coefficient (Wildman–Crippen LogP) is 1.36. The zero-order chi connectivity index (χ0) is 8.01. The molecule has 0 aromatic heterocycles. The van der Waals surface area contributed by atoms with Crippen LogP contribution in [0.2, 0.25) is 0 Å². The van der Waals surface area contributed by atoms with Gasteiger partial charge in [-0.05, 0) is 18.8 Å². The third-order valence-electron chi connectivity index (χ3n) is 2.32. The van der Waals surface area contributed by atoms with E-state index in [-0.39, 0.29) is 12.1 Å². The van der Waals surface area contributed by atoms with Gasteiger partial charge in [0.15, 0.2) is 0 Å². The smallest absolute Gasteiger partial charge is 0.413 e. The number of carbonyl (C=O) groups is 1. The van der Waals surface area contributed by atoms with Gasteiger partial charge in [-0.25, -0.2) is 4.79 Å². The van der Waals surface area contributed by atoms with Gasteiger partial charge in [0, 0.05) is 7.05 Å². The molecule has 3 heteroatoms. The fourth-order valence-corrected chi connectivity index (χ4v) is 1.57. The quantitative estimate of drug-likeness (QED) is 0.569. The molecule has 0 N–H and O–H groups in total. The first-order valence-electron chi connectivity index (χ1n) is 3.83. The topological polar surface area (TPSA) is 29.5 Å². The van der Waals surface area contributed by atoms with Crippen molar-refractivity contribution in [2.75, 3.05) is 7.05 Å². The number of cyclic esters (lactones) is 1. The van der Waals surface area contributed by atoms with Crippen molar-refractivity contribution >= 4 is 6.09 Å². The minimum absolute atomic E-state index is 0.155. The zero-order valence-electron chi connectivity index (χ0n) is 6.54. The van der Waals surface area contributed by atoms with Crippen LogP contribution in [0.15, 0.2) is 12.3 Å². The highest BCUT2D eigenvalue weighted by atomic mass is 16.6. The maximum absolute atomic E-state index is 11.0. The first kappa shape index (κ1) is 6.70. The Bertz CT molecular complexity index is 220. The lowest BCUT2D eigenvalue weighted by molar-refractivity contribution is 0.172. The largest absolute Gasteiger partial charge is 0.415 e. The first-order valence-corrected chi connectivity index (χ1v) is 3.83. The standard InChI is InChI=1S/C8H11NO2/c1-5-7(6-3-4-6)9(2)8(10)11-5/h6-7H,1,3-4H2,2H3. The highest BCUT2D eigenvalue weighted by Crippen LogP contribution is 2.40. The molecule has 0 aromatic carbocycles. The van der Waals surface area contributed by atoms with E-state index in [1.165, 1.54) is 12.8 Å². The number of ether oxygens (including phenoxy) is 1. The van der Waals surface area contributed by atoms with Gasteiger partial charge in [0.25, 0.3) is 0 Å². The van der Waals surface area contributed by atoms with Crippen molar-refractivity contribution in [2.24, 2.45) is 5.92 Å². The Hall–Kier alpha value is -0.990. The van der Waals surface area contributed by atoms with Gasteiger partial charge in [-0.15, -0.1) is 0 Å². The van der Waals surface area contributed by atoms with Crippen LogP contribution in [-0.2, 0) is 4.74 Å². The zero-order valence-corrected chi connectivity index (χ0v) is 6.54. The summed E-state index contributed by atoms with van der Waals surface area (Å²) in [4.78, 5) is 12.6. The molecule has 11 heavy (non-hydrogen) atoms. The van der Waals surface area contributed by atoms with E-state index in [9.17, 15) is 4.79 Å². The summed E-state index contributed by atoms with van der Waals surface area (Å²) in [6, 6.07) is 0.155. The van der Waals surface area contributed by atoms with Crippen LogP contribution in [0.25, 0.3) is 0 Å². The molecule has 1 aliphatic carbocycles. The molecule has 1 amide bonds. The molecule has 0 radical (unpaired) electrons. The average Bonchev–Trinajstić information content (AvgIpc) is 2.68. The third kappa shape index (κ3) is 0.914. The van der Waals surface area contributed by atoms with Crippen molar-refractivity contribution < 1.29 is 9.53 Å². The lowest BCUT2D eigenvalue weighted by Crippen LogP contribution is -2.30. The Morgan fingerprint density at radius 3 is 2.64 bits per heavy atom. The van der Waals surface area contributed by atoms with Gasteiger partial charge in [0.1, 0.15) is 5.76 Å². The van der Waals surface area contributed by atoms with Gasteiger partial charge in [-0.1, -0.05) is 6.58 Å². The Morgan fingerprint density at radius 2 is 2.27 bits per heavy atom. The molecule has 0 spiro atoms. The van der Waals surface area contributed by atoms with Crippen molar-refractivity contribution in [3.63, 3.8) is 0 Å². The second kappa shape index (κ2) is 2.00. The molecule has 2 aliphatic rings. The molecule has 1 atom stereocenters. The van der Waals surface area contributed by atoms with Crippen molar-refractivity contribution in [1.29, 1.82) is 0 Å². The summed E-state index contributed by atoms with van der Waals surface area (Å²) in [7, 11) is 1.77. The molecule has 1 unspecified atom stereocenters. The molecular formula is C8H11NO2. The van der Waals surface area contributed by atoms with Gasteiger partial charge in [-0.3, -0.25) is 0 Å². The van der Waals surface area contributed by atoms with Crippen LogP contribution in [0.1, 0.15) is 12.8 Å². The van der Waals surface area contributed by atoms with Gasteiger partial charge < -0.3 is 9.64 Å². The minimum Gasteiger partial charge on any atom is -0.413 e. The molecule has 1 saturated carbocycles. The highest BCUT2D eigenvalue weighted by molar-refractivity contribution is 5.72. The first-order chi connectivity index (χ1) is 5.20. The fourth-order valence-electron chi connectivity index (χ4n) is 1.57. The number of carbonyl (C=O) groups excluding carboxylic acids is 1. The Morgan fingerprint density at radius 1 is 1.64 bits per heavy atom. The van der Waals surface area contributed by atoms with E-state index in [1.54, 1.807) is 11.9 Å². The second-order valence-corrected chi connectivity index (χ2v) is 3.23. The molecule has 1 heterocycles. The Kier molecular flexibility index (Phi) is 1.22. The number of hydrogen-bond acceptors (Lipinski definition) is 2. The summed E-state index contributed by atoms with van der Waals surface area (Å²) < 4.78 is 4.88. The summed E-state index contributed by atoms with van der Waals surface area (Å²) in [5, 5.41) is 0. The lowest BCUT2D eigenvalue weighted by Gasteiger charge is -2.14. The monoisotopic (exact) mass is 153 g/mol. The SMILES string of the molecule is C=C1OC(=O)N(C)C1C1CC1. The number of nitrogens with zero attached hydrogens (tertiary/aromatic N) is 1. The van der Waals surface area contributed by atoms with Crippen molar-refractivity contribution in [2.45, 2.75) is 18.9 Å². The van der Waals surface area contributed by atoms with Crippen LogP contribution >= 0.6 is 0 Å². The lowest BCUT2D eigenvalue weighted by atomic mass is 10.1. The van der Waals surface area contributed by atoms with Gasteiger partial charge in [0.2, 0.25) is 0 Å². The summed E-state index contributed by atoms with van der Waals surface area (Å²) in [6.07, 6.45) is 2.14. The van der Waals surface area contributed by atoms with E-state index in [4.69, 9.17) is 4.74 Å². The van der Waals surface area contributed by atoms with Gasteiger partial charge in [0.05, 0.1) is 6.04 Å². The van der Waals surface area contributed by atoms with Crippen LogP contribution in [0.4, 0.5) is 4.79 Å². The number of amides is 1. The van der Waals surface area contributed by atoms with E-state index in [2.05, 4.69) is 6.58 Å². The molecule has 2 fully saturated rings. The molecule has 1 aliphatic heterocycles. The molecule has 1 saturated heterocycles. The number of likely N-dealkylation sites (N-methyl/N-ethyl adjacent to an activating group) is 1.